The summed E-state index contributed by atoms with van der Waals surface area (Å²) in [5.41, 5.74) is 0. The maximum absolute atomic E-state index is 6.00. The minimum Gasteiger partial charge on any atom is -0.319 e. The van der Waals surface area contributed by atoms with E-state index in [4.69, 9.17) is 11.6 Å². The fourth-order valence-corrected chi connectivity index (χ4v) is 2.07. The molecule has 1 aromatic rings. The van der Waals surface area contributed by atoms with Gasteiger partial charge in [0.15, 0.2) is 0 Å². The normalized spacial score (nSPS) is 20.8. The molecule has 0 aliphatic carbocycles. The summed E-state index contributed by atoms with van der Waals surface area (Å²) in [6.45, 7) is 2.30. The second-order valence-electron chi connectivity index (χ2n) is 3.66. The van der Waals surface area contributed by atoms with Crippen LogP contribution in [0, 0.1) is 0 Å². The molecule has 0 aromatic carbocycles. The van der Waals surface area contributed by atoms with Crippen LogP contribution in [0.3, 0.4) is 0 Å². The fraction of sp³-hybridized carbons (Fsp3) is 0.667. The summed E-state index contributed by atoms with van der Waals surface area (Å²) >= 11 is 6.00. The lowest BCUT2D eigenvalue weighted by atomic mass is 10.1. The molecular formula is C9H14ClN3. The molecule has 1 saturated heterocycles. The van der Waals surface area contributed by atoms with E-state index in [0.717, 1.165) is 18.2 Å². The van der Waals surface area contributed by atoms with Crippen molar-refractivity contribution in [2.24, 2.45) is 0 Å². The van der Waals surface area contributed by atoms with Crippen LogP contribution in [0.15, 0.2) is 12.5 Å². The summed E-state index contributed by atoms with van der Waals surface area (Å²) in [6.07, 6.45) is 5.89. The van der Waals surface area contributed by atoms with Gasteiger partial charge in [-0.15, -0.1) is 0 Å². The molecule has 0 atom stereocenters. The maximum Gasteiger partial charge on any atom is 0.128 e. The average molecular weight is 200 g/mol. The Balaban J connectivity index is 2.06. The zero-order chi connectivity index (χ0) is 9.26. The Morgan fingerprint density at radius 3 is 2.69 bits per heavy atom. The summed E-state index contributed by atoms with van der Waals surface area (Å²) in [4.78, 5) is 6.38. The van der Waals surface area contributed by atoms with Crippen molar-refractivity contribution in [1.82, 2.24) is 14.5 Å². The first kappa shape index (κ1) is 9.03. The van der Waals surface area contributed by atoms with Crippen molar-refractivity contribution in [3.05, 3.63) is 17.7 Å². The Morgan fingerprint density at radius 2 is 2.15 bits per heavy atom. The molecule has 1 aliphatic rings. The highest BCUT2D eigenvalue weighted by atomic mass is 35.5. The number of rotatable bonds is 1. The monoisotopic (exact) mass is 199 g/mol. The highest BCUT2D eigenvalue weighted by Crippen LogP contribution is 2.24. The van der Waals surface area contributed by atoms with Crippen LogP contribution < -0.4 is 0 Å². The van der Waals surface area contributed by atoms with Crippen LogP contribution in [0.4, 0.5) is 0 Å². The SMILES string of the molecule is CN1CCC(n2cncc2Cl)CC1. The summed E-state index contributed by atoms with van der Waals surface area (Å²) in [6, 6.07) is 0.547. The van der Waals surface area contributed by atoms with E-state index >= 15 is 0 Å². The van der Waals surface area contributed by atoms with Gasteiger partial charge in [-0.2, -0.15) is 0 Å². The molecule has 2 heterocycles. The summed E-state index contributed by atoms with van der Waals surface area (Å²) < 4.78 is 2.08. The van der Waals surface area contributed by atoms with Crippen molar-refractivity contribution in [3.63, 3.8) is 0 Å². The molecule has 1 aliphatic heterocycles. The molecule has 0 spiro atoms. The van der Waals surface area contributed by atoms with Gasteiger partial charge in [0.05, 0.1) is 12.5 Å². The van der Waals surface area contributed by atoms with Gasteiger partial charge in [0.2, 0.25) is 0 Å². The Morgan fingerprint density at radius 1 is 1.46 bits per heavy atom. The summed E-state index contributed by atoms with van der Waals surface area (Å²) in [7, 11) is 2.16. The van der Waals surface area contributed by atoms with Gasteiger partial charge in [-0.3, -0.25) is 0 Å². The first-order chi connectivity index (χ1) is 6.27. The summed E-state index contributed by atoms with van der Waals surface area (Å²) in [5.74, 6) is 0. The first-order valence-corrected chi connectivity index (χ1v) is 5.01. The molecule has 3 nitrogen and oxygen atoms in total. The topological polar surface area (TPSA) is 21.1 Å². The van der Waals surface area contributed by atoms with Crippen LogP contribution >= 0.6 is 11.6 Å². The van der Waals surface area contributed by atoms with E-state index in [-0.39, 0.29) is 0 Å². The number of piperidine rings is 1. The van der Waals surface area contributed by atoms with E-state index in [2.05, 4.69) is 21.5 Å². The van der Waals surface area contributed by atoms with Crippen LogP contribution in [0.25, 0.3) is 0 Å². The lowest BCUT2D eigenvalue weighted by Gasteiger charge is -2.29. The smallest absolute Gasteiger partial charge is 0.128 e. The van der Waals surface area contributed by atoms with Crippen molar-refractivity contribution in [3.8, 4) is 0 Å². The quantitative estimate of drug-likeness (QED) is 0.688. The lowest BCUT2D eigenvalue weighted by Crippen LogP contribution is -2.31. The van der Waals surface area contributed by atoms with Crippen molar-refractivity contribution in [2.45, 2.75) is 18.9 Å². The highest BCUT2D eigenvalue weighted by molar-refractivity contribution is 6.29. The maximum atomic E-state index is 6.00. The fourth-order valence-electron chi connectivity index (χ4n) is 1.83. The number of halogens is 1. The van der Waals surface area contributed by atoms with Gasteiger partial charge in [0.1, 0.15) is 5.15 Å². The number of aromatic nitrogens is 2. The molecule has 1 aromatic heterocycles. The van der Waals surface area contributed by atoms with Gasteiger partial charge in [-0.25, -0.2) is 4.98 Å². The van der Waals surface area contributed by atoms with E-state index in [1.54, 1.807) is 6.20 Å². The second-order valence-corrected chi connectivity index (χ2v) is 4.05. The second kappa shape index (κ2) is 3.68. The molecule has 4 heteroatoms. The van der Waals surface area contributed by atoms with Crippen LogP contribution in [-0.2, 0) is 0 Å². The van der Waals surface area contributed by atoms with Crippen LogP contribution in [0.5, 0.6) is 0 Å². The molecule has 13 heavy (non-hydrogen) atoms. The van der Waals surface area contributed by atoms with E-state index in [1.165, 1.54) is 12.8 Å². The van der Waals surface area contributed by atoms with Gasteiger partial charge < -0.3 is 9.47 Å². The number of nitrogens with zero attached hydrogens (tertiary/aromatic N) is 3. The van der Waals surface area contributed by atoms with Gasteiger partial charge in [-0.1, -0.05) is 11.6 Å². The van der Waals surface area contributed by atoms with Gasteiger partial charge >= 0.3 is 0 Å². The molecule has 0 unspecified atom stereocenters. The molecule has 2 rings (SSSR count). The Kier molecular flexibility index (Phi) is 2.56. The molecule has 0 amide bonds. The van der Waals surface area contributed by atoms with Crippen LogP contribution in [0.2, 0.25) is 5.15 Å². The lowest BCUT2D eigenvalue weighted by molar-refractivity contribution is 0.221. The molecule has 1 fully saturated rings. The molecule has 0 radical (unpaired) electrons. The number of imidazole rings is 1. The van der Waals surface area contributed by atoms with Crippen molar-refractivity contribution in [2.75, 3.05) is 20.1 Å². The number of likely N-dealkylation sites (tertiary alicyclic amines) is 1. The van der Waals surface area contributed by atoms with Crippen LogP contribution in [0.1, 0.15) is 18.9 Å². The Labute approximate surface area is 83.3 Å². The van der Waals surface area contributed by atoms with Crippen molar-refractivity contribution < 1.29 is 0 Å². The first-order valence-electron chi connectivity index (χ1n) is 4.63. The van der Waals surface area contributed by atoms with E-state index in [9.17, 15) is 0 Å². The third kappa shape index (κ3) is 1.86. The Bertz CT molecular complexity index is 276. The van der Waals surface area contributed by atoms with E-state index < -0.39 is 0 Å². The average Bonchev–Trinajstić information content (AvgIpc) is 2.53. The third-order valence-electron chi connectivity index (χ3n) is 2.70. The minimum absolute atomic E-state index is 0.547. The Hall–Kier alpha value is -0.540. The standard InChI is InChI=1S/C9H14ClN3/c1-12-4-2-8(3-5-12)13-7-11-6-9(13)10/h6-8H,2-5H2,1H3. The van der Waals surface area contributed by atoms with Gasteiger partial charge in [0.25, 0.3) is 0 Å². The van der Waals surface area contributed by atoms with Gasteiger partial charge in [0, 0.05) is 6.04 Å². The van der Waals surface area contributed by atoms with Gasteiger partial charge in [-0.05, 0) is 33.0 Å². The van der Waals surface area contributed by atoms with E-state index in [0.29, 0.717) is 6.04 Å². The predicted molar refractivity (Wildman–Crippen MR) is 53.0 cm³/mol. The molecule has 0 saturated carbocycles. The number of hydrogen-bond acceptors (Lipinski definition) is 2. The third-order valence-corrected chi connectivity index (χ3v) is 2.99. The highest BCUT2D eigenvalue weighted by Gasteiger charge is 2.19. The minimum atomic E-state index is 0.547. The molecule has 0 bridgehead atoms. The largest absolute Gasteiger partial charge is 0.319 e. The number of hydrogen-bond donors (Lipinski definition) is 0. The van der Waals surface area contributed by atoms with Crippen molar-refractivity contribution in [1.29, 1.82) is 0 Å². The predicted octanol–water partition coefficient (Wildman–Crippen LogP) is 1.80. The molecule has 72 valence electrons. The van der Waals surface area contributed by atoms with Crippen LogP contribution in [-0.4, -0.2) is 34.6 Å². The van der Waals surface area contributed by atoms with Crippen molar-refractivity contribution >= 4 is 11.6 Å². The summed E-state index contributed by atoms with van der Waals surface area (Å²) in [5, 5.41) is 0.759. The molecular weight excluding hydrogens is 186 g/mol. The van der Waals surface area contributed by atoms with E-state index in [1.807, 2.05) is 6.33 Å². The molecule has 0 N–H and O–H groups in total. The zero-order valence-electron chi connectivity index (χ0n) is 7.78. The zero-order valence-corrected chi connectivity index (χ0v) is 8.54.